The molecule has 0 saturated carbocycles. The molecule has 1 aromatic carbocycles. The number of thioether (sulfide) groups is 1. The minimum absolute atomic E-state index is 0.00337. The maximum atomic E-state index is 14.5. The van der Waals surface area contributed by atoms with Crippen molar-refractivity contribution in [3.8, 4) is 0 Å². The SMILES string of the molecule is CSCC[C@H](NC(=O)[C@@H]1CCCN1C(=O)CNC(=O)[C@H](CCCCN)NC(=O)[C@H](Cc1cnc[nH]1)NC(=O)[C@H](CO)NC(=O)[C@H](CC(C)C)NC(=O)[C@H](CCCN=C(N)N)NC(=O)[C@@H]1CCCN1C(=O)[C@H](CCCN=C(N)N)NC(=O)[C@@H]1CCC(=O)N1)C(=O)N[C@@H](Cc1cccc(Cl)c1)C(=O)O. The van der Waals surface area contributed by atoms with Gasteiger partial charge in [0.15, 0.2) is 11.9 Å². The van der Waals surface area contributed by atoms with E-state index in [9.17, 15) is 72.5 Å². The van der Waals surface area contributed by atoms with Crippen LogP contribution in [-0.2, 0) is 75.2 Å². The standard InChI is InChI=1S/C64H100ClN21O15S/c1-35(2)27-44(81-53(91)40(14-7-22-72-63(67)68)78-60(98)49-17-10-25-86(49)61(99)43(15-8-23-73-64(69)70)80-54(92)41-18-19-50(88)76-41)56(94)84-47(33-87)58(96)82-45(30-38-31-71-34-75-38)57(95)77-39(13-4-5-21-66)52(90)74-32-51(89)85-24-9-16-48(85)59(97)79-42(20-26-102-3)55(93)83-46(62(100)101)29-36-11-6-12-37(65)28-36/h6,11-12,28,31,34-35,39-49,87H,4-5,7-10,13-27,29-30,32-33,66H2,1-3H3,(H,71,75)(H,74,90)(H,76,88)(H,77,95)(H,78,98)(H,79,97)(H,80,92)(H,81,91)(H,82,96)(H,83,93)(H,84,94)(H,100,101)(H4,67,68,72)(H4,69,70,73)/t39-,40-,41-,42-,43-,44-,45-,46-,47-,48-,49-/m0/s1. The van der Waals surface area contributed by atoms with Crippen LogP contribution in [0.2, 0.25) is 5.02 Å². The van der Waals surface area contributed by atoms with Crippen molar-refractivity contribution < 1.29 is 72.5 Å². The normalized spacial score (nSPS) is 17.9. The number of H-pyrrole nitrogens is 1. The number of carbonyl (C=O) groups is 13. The Bertz CT molecular complexity index is 3270. The first kappa shape index (κ1) is 83.3. The predicted octanol–water partition coefficient (Wildman–Crippen LogP) is -4.78. The van der Waals surface area contributed by atoms with Gasteiger partial charge < -0.3 is 107 Å². The molecule has 0 bridgehead atoms. The fourth-order valence-corrected chi connectivity index (χ4v) is 12.5. The van der Waals surface area contributed by atoms with E-state index >= 15 is 0 Å². The average Bonchev–Trinajstić information content (AvgIpc) is 1.46. The maximum absolute atomic E-state index is 14.5. The summed E-state index contributed by atoms with van der Waals surface area (Å²) in [5, 5.41) is 47.2. The van der Waals surface area contributed by atoms with Gasteiger partial charge in [-0.1, -0.05) is 37.6 Å². The number of likely N-dealkylation sites (tertiary alicyclic amines) is 2. The third kappa shape index (κ3) is 27.5. The second kappa shape index (κ2) is 42.8. The Morgan fingerprint density at radius 1 is 0.657 bits per heavy atom. The zero-order valence-corrected chi connectivity index (χ0v) is 59.3. The molecule has 5 rings (SSSR count). The summed E-state index contributed by atoms with van der Waals surface area (Å²) in [7, 11) is 0. The van der Waals surface area contributed by atoms with Crippen molar-refractivity contribution in [3.63, 3.8) is 0 Å². The molecule has 3 aliphatic heterocycles. The number of nitrogens with one attached hydrogen (secondary N) is 11. The molecule has 4 heterocycles. The number of guanidine groups is 2. The number of rotatable bonds is 43. The summed E-state index contributed by atoms with van der Waals surface area (Å²) in [5.74, 6) is -10.6. The Kier molecular flexibility index (Phi) is 34.9. The number of aliphatic hydroxyl groups excluding tert-OH is 1. The van der Waals surface area contributed by atoms with Gasteiger partial charge in [-0.2, -0.15) is 11.8 Å². The molecule has 36 nitrogen and oxygen atoms in total. The van der Waals surface area contributed by atoms with Crippen LogP contribution in [0.25, 0.3) is 0 Å². The van der Waals surface area contributed by atoms with Crippen LogP contribution in [0.5, 0.6) is 0 Å². The molecule has 3 aliphatic rings. The van der Waals surface area contributed by atoms with Crippen molar-refractivity contribution in [1.82, 2.24) is 72.9 Å². The molecule has 564 valence electrons. The second-order valence-corrected chi connectivity index (χ2v) is 27.0. The molecule has 2 aromatic rings. The highest BCUT2D eigenvalue weighted by Gasteiger charge is 2.42. The fourth-order valence-electron chi connectivity index (χ4n) is 11.8. The molecule has 23 N–H and O–H groups in total. The van der Waals surface area contributed by atoms with E-state index in [1.54, 1.807) is 44.4 Å². The Labute approximate surface area is 600 Å². The number of imidazole rings is 1. The summed E-state index contributed by atoms with van der Waals surface area (Å²) < 4.78 is 0. The molecule has 102 heavy (non-hydrogen) atoms. The van der Waals surface area contributed by atoms with Gasteiger partial charge in [-0.05, 0) is 132 Å². The number of amides is 12. The number of hydrogen-bond donors (Lipinski definition) is 18. The van der Waals surface area contributed by atoms with Crippen molar-refractivity contribution in [2.75, 3.05) is 57.9 Å². The van der Waals surface area contributed by atoms with Gasteiger partial charge in [0.1, 0.15) is 66.5 Å². The van der Waals surface area contributed by atoms with Crippen molar-refractivity contribution in [3.05, 3.63) is 53.1 Å². The number of carbonyl (C=O) groups excluding carboxylic acids is 12. The van der Waals surface area contributed by atoms with Crippen molar-refractivity contribution in [2.45, 2.75) is 189 Å². The Balaban J connectivity index is 1.27. The van der Waals surface area contributed by atoms with E-state index in [2.05, 4.69) is 73.1 Å². The van der Waals surface area contributed by atoms with Gasteiger partial charge in [0.2, 0.25) is 70.9 Å². The highest BCUT2D eigenvalue weighted by Crippen LogP contribution is 2.23. The lowest BCUT2D eigenvalue weighted by atomic mass is 10.0. The minimum Gasteiger partial charge on any atom is -0.480 e. The van der Waals surface area contributed by atoms with Crippen LogP contribution in [0.1, 0.15) is 121 Å². The van der Waals surface area contributed by atoms with Crippen LogP contribution in [0.3, 0.4) is 0 Å². The first-order valence-corrected chi connectivity index (χ1v) is 35.8. The van der Waals surface area contributed by atoms with Crippen LogP contribution >= 0.6 is 23.4 Å². The number of aliphatic carboxylic acids is 1. The summed E-state index contributed by atoms with van der Waals surface area (Å²) in [6, 6.07) is -7.71. The first-order chi connectivity index (χ1) is 48.6. The van der Waals surface area contributed by atoms with Crippen LogP contribution < -0.4 is 81.8 Å². The highest BCUT2D eigenvalue weighted by atomic mass is 35.5. The number of nitrogens with zero attached hydrogens (tertiary/aromatic N) is 5. The van der Waals surface area contributed by atoms with Crippen molar-refractivity contribution in [2.24, 2.45) is 44.6 Å². The number of aromatic nitrogens is 2. The summed E-state index contributed by atoms with van der Waals surface area (Å²) in [5.41, 5.74) is 28.8. The zero-order valence-electron chi connectivity index (χ0n) is 57.7. The van der Waals surface area contributed by atoms with E-state index in [0.29, 0.717) is 47.7 Å². The minimum atomic E-state index is -1.77. The van der Waals surface area contributed by atoms with E-state index in [4.69, 9.17) is 40.3 Å². The van der Waals surface area contributed by atoms with E-state index in [0.717, 1.165) is 0 Å². The topological polar surface area (TPSA) is 573 Å². The van der Waals surface area contributed by atoms with E-state index in [1.807, 2.05) is 0 Å². The highest BCUT2D eigenvalue weighted by molar-refractivity contribution is 7.98. The Morgan fingerprint density at radius 2 is 1.20 bits per heavy atom. The maximum Gasteiger partial charge on any atom is 0.326 e. The zero-order chi connectivity index (χ0) is 75.0. The lowest BCUT2D eigenvalue weighted by molar-refractivity contribution is -0.143. The lowest BCUT2D eigenvalue weighted by Crippen LogP contribution is -2.61. The van der Waals surface area contributed by atoms with Crippen LogP contribution in [0.4, 0.5) is 0 Å². The van der Waals surface area contributed by atoms with Gasteiger partial charge >= 0.3 is 5.97 Å². The molecular weight excluding hydrogens is 1370 g/mol. The Hall–Kier alpha value is -9.36. The van der Waals surface area contributed by atoms with Crippen molar-refractivity contribution >= 4 is 112 Å². The number of carboxylic acid groups (broad SMARTS) is 1. The molecule has 0 unspecified atom stereocenters. The van der Waals surface area contributed by atoms with Gasteiger partial charge in [-0.25, -0.2) is 9.78 Å². The molecule has 38 heteroatoms. The number of nitrogens with two attached hydrogens (primary N) is 5. The lowest BCUT2D eigenvalue weighted by Gasteiger charge is -2.31. The first-order valence-electron chi connectivity index (χ1n) is 34.1. The van der Waals surface area contributed by atoms with Gasteiger partial charge in [0.05, 0.1) is 19.5 Å². The Morgan fingerprint density at radius 3 is 1.76 bits per heavy atom. The summed E-state index contributed by atoms with van der Waals surface area (Å²) in [4.78, 5) is 197. The summed E-state index contributed by atoms with van der Waals surface area (Å²) in [6.07, 6.45) is 6.72. The largest absolute Gasteiger partial charge is 0.480 e. The van der Waals surface area contributed by atoms with E-state index < -0.39 is 151 Å². The molecule has 1 aromatic heterocycles. The molecule has 0 aliphatic carbocycles. The van der Waals surface area contributed by atoms with Crippen molar-refractivity contribution in [1.29, 1.82) is 0 Å². The average molecular weight is 1470 g/mol. The van der Waals surface area contributed by atoms with Gasteiger partial charge in [0.25, 0.3) is 0 Å². The third-order valence-electron chi connectivity index (χ3n) is 17.1. The molecule has 11 atom stereocenters. The molecule has 0 spiro atoms. The van der Waals surface area contributed by atoms with Crippen LogP contribution in [0, 0.1) is 5.92 Å². The van der Waals surface area contributed by atoms with Gasteiger partial charge in [-0.15, -0.1) is 0 Å². The fraction of sp³-hybridized carbons (Fsp3) is 0.625. The number of hydrogen-bond acceptors (Lipinski definition) is 19. The quantitative estimate of drug-likeness (QED) is 0.0168. The molecule has 12 amide bonds. The van der Waals surface area contributed by atoms with Crippen LogP contribution in [-0.4, -0.2) is 243 Å². The molecular formula is C64H100ClN21O15S. The predicted molar refractivity (Wildman–Crippen MR) is 376 cm³/mol. The third-order valence-corrected chi connectivity index (χ3v) is 18.0. The van der Waals surface area contributed by atoms with E-state index in [-0.39, 0.29) is 140 Å². The number of aliphatic imine (C=N–C) groups is 2. The summed E-state index contributed by atoms with van der Waals surface area (Å²) in [6.45, 7) is 2.41. The van der Waals surface area contributed by atoms with Gasteiger partial charge in [0, 0.05) is 62.4 Å². The number of benzene rings is 1. The number of unbranched alkanes of at least 4 members (excludes halogenated alkanes) is 1. The van der Waals surface area contributed by atoms with E-state index in [1.165, 1.54) is 34.1 Å². The molecule has 0 radical (unpaired) electrons. The number of aromatic amines is 1. The number of halogens is 1. The smallest absolute Gasteiger partial charge is 0.326 e. The second-order valence-electron chi connectivity index (χ2n) is 25.5. The monoisotopic (exact) mass is 1470 g/mol. The van der Waals surface area contributed by atoms with Crippen LogP contribution in [0.15, 0.2) is 46.8 Å². The number of aliphatic hydroxyl groups is 1. The molecule has 3 saturated heterocycles. The van der Waals surface area contributed by atoms with Gasteiger partial charge in [-0.3, -0.25) is 67.5 Å². The summed E-state index contributed by atoms with van der Waals surface area (Å²) >= 11 is 7.50. The molecule has 3 fully saturated rings. The number of carboxylic acids is 1.